The fourth-order valence-electron chi connectivity index (χ4n) is 1.24. The molecule has 0 aliphatic heterocycles. The summed E-state index contributed by atoms with van der Waals surface area (Å²) in [6, 6.07) is 0. The summed E-state index contributed by atoms with van der Waals surface area (Å²) < 4.78 is 2.14. The lowest BCUT2D eigenvalue weighted by Gasteiger charge is -2.02. The van der Waals surface area contributed by atoms with E-state index in [2.05, 4.69) is 20.2 Å². The van der Waals surface area contributed by atoms with Gasteiger partial charge in [-0.25, -0.2) is 4.98 Å². The lowest BCUT2D eigenvalue weighted by molar-refractivity contribution is 0.276. The predicted molar refractivity (Wildman–Crippen MR) is 55.5 cm³/mol. The molecule has 0 aromatic carbocycles. The van der Waals surface area contributed by atoms with Crippen LogP contribution in [0.15, 0.2) is 18.6 Å². The Morgan fingerprint density at radius 3 is 3.00 bits per heavy atom. The van der Waals surface area contributed by atoms with E-state index in [0.717, 1.165) is 0 Å². The van der Waals surface area contributed by atoms with Gasteiger partial charge in [-0.2, -0.15) is 5.10 Å². The van der Waals surface area contributed by atoms with E-state index in [1.807, 2.05) is 0 Å². The van der Waals surface area contributed by atoms with Gasteiger partial charge < -0.3 is 5.11 Å². The van der Waals surface area contributed by atoms with Gasteiger partial charge in [0.15, 0.2) is 10.6 Å². The number of aliphatic hydroxyl groups is 1. The number of hydrogen-bond acceptors (Lipinski definition) is 5. The molecule has 15 heavy (non-hydrogen) atoms. The maximum Gasteiger partial charge on any atom is 0.195 e. The summed E-state index contributed by atoms with van der Waals surface area (Å²) in [4.78, 5) is 8.06. The summed E-state index contributed by atoms with van der Waals surface area (Å²) in [5.74, 6) is 0.585. The summed E-state index contributed by atoms with van der Waals surface area (Å²) >= 11 is 5.02. The molecule has 0 unspecified atom stereocenters. The Kier molecular flexibility index (Phi) is 2.84. The normalized spacial score (nSPS) is 10.5. The van der Waals surface area contributed by atoms with Crippen LogP contribution in [-0.2, 0) is 6.54 Å². The van der Waals surface area contributed by atoms with Gasteiger partial charge in [0.05, 0.1) is 19.3 Å². The monoisotopic (exact) mass is 223 g/mol. The Labute approximate surface area is 90.6 Å². The highest BCUT2D eigenvalue weighted by Crippen LogP contribution is 2.12. The fraction of sp³-hybridized carbons (Fsp3) is 0.250. The molecule has 2 heterocycles. The largest absolute Gasteiger partial charge is 0.395 e. The molecule has 0 atom stereocenters. The van der Waals surface area contributed by atoms with E-state index in [4.69, 9.17) is 17.3 Å². The van der Waals surface area contributed by atoms with Crippen LogP contribution < -0.4 is 0 Å². The molecule has 0 bridgehead atoms. The van der Waals surface area contributed by atoms with Crippen LogP contribution in [0.25, 0.3) is 11.5 Å². The van der Waals surface area contributed by atoms with E-state index < -0.39 is 0 Å². The minimum Gasteiger partial charge on any atom is -0.395 e. The number of nitrogens with one attached hydrogen (secondary N) is 1. The second-order valence-corrected chi connectivity index (χ2v) is 3.20. The number of aromatic nitrogens is 5. The van der Waals surface area contributed by atoms with Crippen molar-refractivity contribution in [1.82, 2.24) is 24.7 Å². The molecule has 2 aromatic rings. The molecular weight excluding hydrogens is 214 g/mol. The summed E-state index contributed by atoms with van der Waals surface area (Å²) in [6.07, 6.45) is 4.76. The zero-order valence-corrected chi connectivity index (χ0v) is 8.61. The number of nitrogens with zero attached hydrogens (tertiary/aromatic N) is 4. The average molecular weight is 223 g/mol. The van der Waals surface area contributed by atoms with Gasteiger partial charge in [-0.1, -0.05) is 0 Å². The van der Waals surface area contributed by atoms with Crippen molar-refractivity contribution in [1.29, 1.82) is 0 Å². The Morgan fingerprint density at radius 1 is 1.47 bits per heavy atom. The third kappa shape index (κ3) is 1.92. The fourth-order valence-corrected chi connectivity index (χ4v) is 1.46. The smallest absolute Gasteiger partial charge is 0.195 e. The van der Waals surface area contributed by atoms with Crippen LogP contribution in [0.1, 0.15) is 0 Å². The molecule has 0 fully saturated rings. The molecule has 0 radical (unpaired) electrons. The van der Waals surface area contributed by atoms with Crippen LogP contribution in [0.5, 0.6) is 0 Å². The molecule has 0 amide bonds. The molecule has 0 aliphatic carbocycles. The third-order valence-electron chi connectivity index (χ3n) is 1.87. The van der Waals surface area contributed by atoms with Crippen LogP contribution in [0.2, 0.25) is 0 Å². The van der Waals surface area contributed by atoms with Crippen molar-refractivity contribution in [3.05, 3.63) is 23.4 Å². The standard InChI is InChI=1S/C8H9N5OS/c14-4-3-13-7(11-12-8(13)15)6-5-9-1-2-10-6/h1-2,5,14H,3-4H2,(H,12,15). The first kappa shape index (κ1) is 9.94. The summed E-state index contributed by atoms with van der Waals surface area (Å²) in [6.45, 7) is 0.391. The molecule has 6 nitrogen and oxygen atoms in total. The highest BCUT2D eigenvalue weighted by Gasteiger charge is 2.08. The van der Waals surface area contributed by atoms with Crippen LogP contribution in [-0.4, -0.2) is 36.4 Å². The van der Waals surface area contributed by atoms with E-state index in [1.54, 1.807) is 23.2 Å². The van der Waals surface area contributed by atoms with Crippen LogP contribution in [0.4, 0.5) is 0 Å². The minimum atomic E-state index is 0.00109. The molecule has 0 aliphatic rings. The van der Waals surface area contributed by atoms with E-state index in [-0.39, 0.29) is 6.61 Å². The summed E-state index contributed by atoms with van der Waals surface area (Å²) in [7, 11) is 0. The number of aromatic amines is 1. The maximum atomic E-state index is 8.89. The average Bonchev–Trinajstić information content (AvgIpc) is 2.63. The first-order chi connectivity index (χ1) is 7.33. The van der Waals surface area contributed by atoms with E-state index >= 15 is 0 Å². The van der Waals surface area contributed by atoms with E-state index in [0.29, 0.717) is 22.8 Å². The van der Waals surface area contributed by atoms with Crippen molar-refractivity contribution in [3.8, 4) is 11.5 Å². The highest BCUT2D eigenvalue weighted by molar-refractivity contribution is 7.71. The van der Waals surface area contributed by atoms with Gasteiger partial charge in [0, 0.05) is 12.4 Å². The third-order valence-corrected chi connectivity index (χ3v) is 2.19. The first-order valence-corrected chi connectivity index (χ1v) is 4.76. The quantitative estimate of drug-likeness (QED) is 0.736. The van der Waals surface area contributed by atoms with Gasteiger partial charge in [-0.05, 0) is 12.2 Å². The van der Waals surface area contributed by atoms with Crippen LogP contribution in [0.3, 0.4) is 0 Å². The molecule has 0 saturated heterocycles. The lowest BCUT2D eigenvalue weighted by Crippen LogP contribution is -2.05. The van der Waals surface area contributed by atoms with Crippen molar-refractivity contribution in [3.63, 3.8) is 0 Å². The second-order valence-electron chi connectivity index (χ2n) is 2.82. The molecule has 0 saturated carbocycles. The molecule has 2 rings (SSSR count). The van der Waals surface area contributed by atoms with Crippen molar-refractivity contribution in [2.45, 2.75) is 6.54 Å². The van der Waals surface area contributed by atoms with Gasteiger partial charge >= 0.3 is 0 Å². The number of aliphatic hydroxyl groups excluding tert-OH is 1. The number of H-pyrrole nitrogens is 1. The van der Waals surface area contributed by atoms with Gasteiger partial charge in [0.1, 0.15) is 5.69 Å². The van der Waals surface area contributed by atoms with Crippen molar-refractivity contribution >= 4 is 12.2 Å². The zero-order chi connectivity index (χ0) is 10.7. The predicted octanol–water partition coefficient (Wildman–Crippen LogP) is 0.390. The highest BCUT2D eigenvalue weighted by atomic mass is 32.1. The van der Waals surface area contributed by atoms with Gasteiger partial charge in [-0.3, -0.25) is 14.6 Å². The molecule has 7 heteroatoms. The molecule has 0 spiro atoms. The Bertz CT molecular complexity index is 491. The van der Waals surface area contributed by atoms with Gasteiger partial charge in [0.2, 0.25) is 0 Å². The van der Waals surface area contributed by atoms with E-state index in [9.17, 15) is 0 Å². The molecule has 78 valence electrons. The summed E-state index contributed by atoms with van der Waals surface area (Å²) in [5.41, 5.74) is 0.623. The number of hydrogen-bond donors (Lipinski definition) is 2. The van der Waals surface area contributed by atoms with Gasteiger partial charge in [0.25, 0.3) is 0 Å². The maximum absolute atomic E-state index is 8.89. The van der Waals surface area contributed by atoms with Crippen LogP contribution in [0, 0.1) is 4.77 Å². The Balaban J connectivity index is 2.49. The molecular formula is C8H9N5OS. The molecule has 2 N–H and O–H groups in total. The SMILES string of the molecule is OCCn1c(-c2cnccn2)n[nH]c1=S. The second kappa shape index (κ2) is 4.28. The minimum absolute atomic E-state index is 0.00109. The van der Waals surface area contributed by atoms with Gasteiger partial charge in [-0.15, -0.1) is 0 Å². The first-order valence-electron chi connectivity index (χ1n) is 4.35. The number of rotatable bonds is 3. The lowest BCUT2D eigenvalue weighted by atomic mass is 10.4. The Morgan fingerprint density at radius 2 is 2.33 bits per heavy atom. The Hall–Kier alpha value is -1.60. The van der Waals surface area contributed by atoms with Crippen molar-refractivity contribution in [2.24, 2.45) is 0 Å². The topological polar surface area (TPSA) is 79.6 Å². The van der Waals surface area contributed by atoms with Crippen molar-refractivity contribution < 1.29 is 5.11 Å². The summed E-state index contributed by atoms with van der Waals surface area (Å²) in [5, 5.41) is 15.6. The van der Waals surface area contributed by atoms with E-state index in [1.165, 1.54) is 0 Å². The van der Waals surface area contributed by atoms with Crippen molar-refractivity contribution in [2.75, 3.05) is 6.61 Å². The van der Waals surface area contributed by atoms with Crippen LogP contribution >= 0.6 is 12.2 Å². The zero-order valence-electron chi connectivity index (χ0n) is 7.79. The molecule has 2 aromatic heterocycles.